The van der Waals surface area contributed by atoms with Crippen LogP contribution in [-0.4, -0.2) is 6.61 Å². The topological polar surface area (TPSA) is 18.5 Å². The lowest BCUT2D eigenvalue weighted by atomic mass is 9.73. The highest BCUT2D eigenvalue weighted by molar-refractivity contribution is 5.36. The number of benzene rings is 3. The van der Waals surface area contributed by atoms with Crippen molar-refractivity contribution in [1.29, 1.82) is 0 Å². The molecule has 0 N–H and O–H groups in total. The van der Waals surface area contributed by atoms with E-state index in [4.69, 9.17) is 9.47 Å². The van der Waals surface area contributed by atoms with Crippen molar-refractivity contribution in [1.82, 2.24) is 0 Å². The third-order valence-electron chi connectivity index (χ3n) is 5.79. The number of hydrogen-bond donors (Lipinski definition) is 0. The molecule has 0 fully saturated rings. The van der Waals surface area contributed by atoms with Crippen molar-refractivity contribution in [2.45, 2.75) is 51.4 Å². The van der Waals surface area contributed by atoms with Crippen molar-refractivity contribution in [3.63, 3.8) is 0 Å². The fourth-order valence-corrected chi connectivity index (χ4v) is 4.23. The van der Waals surface area contributed by atoms with E-state index < -0.39 is 0 Å². The Balaban J connectivity index is 1.67. The highest BCUT2D eigenvalue weighted by Gasteiger charge is 2.27. The van der Waals surface area contributed by atoms with Crippen LogP contribution in [0.25, 0.3) is 0 Å². The lowest BCUT2D eigenvalue weighted by molar-refractivity contribution is 0.339. The average molecular weight is 415 g/mol. The van der Waals surface area contributed by atoms with E-state index in [1.165, 1.54) is 11.1 Å². The zero-order chi connectivity index (χ0) is 21.9. The fraction of sp³-hybridized carbons (Fsp3) is 0.310. The van der Waals surface area contributed by atoms with Gasteiger partial charge in [0.15, 0.2) is 0 Å². The molecule has 0 aromatic heterocycles. The Morgan fingerprint density at radius 3 is 2.23 bits per heavy atom. The summed E-state index contributed by atoms with van der Waals surface area (Å²) >= 11 is 0. The molecule has 0 aliphatic heterocycles. The molecular formula is C29H34O2. The average Bonchev–Trinajstić information content (AvgIpc) is 2.80. The second kappa shape index (κ2) is 11.4. The van der Waals surface area contributed by atoms with Crippen LogP contribution in [0, 0.1) is 0 Å². The van der Waals surface area contributed by atoms with Gasteiger partial charge in [-0.25, -0.2) is 0 Å². The van der Waals surface area contributed by atoms with Gasteiger partial charge in [0.1, 0.15) is 17.2 Å². The quantitative estimate of drug-likeness (QED) is 0.279. The summed E-state index contributed by atoms with van der Waals surface area (Å²) in [6.45, 7) is 9.17. The Morgan fingerprint density at radius 1 is 0.806 bits per heavy atom. The predicted octanol–water partition coefficient (Wildman–Crippen LogP) is 8.12. The molecular weight excluding hydrogens is 380 g/mol. The second-order valence-corrected chi connectivity index (χ2v) is 7.98. The maximum atomic E-state index is 6.00. The molecule has 3 aromatic rings. The number of para-hydroxylation sites is 1. The smallest absolute Gasteiger partial charge is 0.127 e. The Labute approximate surface area is 187 Å². The zero-order valence-corrected chi connectivity index (χ0v) is 18.8. The van der Waals surface area contributed by atoms with Crippen LogP contribution in [0.3, 0.4) is 0 Å². The van der Waals surface area contributed by atoms with Gasteiger partial charge in [0.05, 0.1) is 6.61 Å². The van der Waals surface area contributed by atoms with Crippen molar-refractivity contribution >= 4 is 0 Å². The molecule has 3 aromatic carbocycles. The fourth-order valence-electron chi connectivity index (χ4n) is 4.23. The molecule has 0 heterocycles. The molecule has 0 aliphatic carbocycles. The van der Waals surface area contributed by atoms with Crippen molar-refractivity contribution < 1.29 is 9.47 Å². The number of allylic oxidation sites excluding steroid dienone is 1. The number of hydrogen-bond acceptors (Lipinski definition) is 2. The Bertz CT molecular complexity index is 930. The summed E-state index contributed by atoms with van der Waals surface area (Å²) < 4.78 is 11.6. The number of aryl methyl sites for hydroxylation is 1. The molecule has 1 unspecified atom stereocenters. The van der Waals surface area contributed by atoms with E-state index in [0.717, 1.165) is 49.4 Å². The summed E-state index contributed by atoms with van der Waals surface area (Å²) in [5, 5.41) is 0. The Hall–Kier alpha value is -3.00. The third kappa shape index (κ3) is 6.24. The van der Waals surface area contributed by atoms with Gasteiger partial charge in [-0.15, -0.1) is 6.58 Å². The molecule has 0 aliphatic rings. The van der Waals surface area contributed by atoms with E-state index in [9.17, 15) is 0 Å². The van der Waals surface area contributed by atoms with Gasteiger partial charge < -0.3 is 9.47 Å². The van der Waals surface area contributed by atoms with Crippen LogP contribution in [0.1, 0.15) is 50.7 Å². The Kier molecular flexibility index (Phi) is 8.35. The normalized spacial score (nSPS) is 12.7. The molecule has 2 heteroatoms. The van der Waals surface area contributed by atoms with Crippen LogP contribution in [0.5, 0.6) is 17.2 Å². The van der Waals surface area contributed by atoms with Gasteiger partial charge in [0, 0.05) is 5.41 Å². The highest BCUT2D eigenvalue weighted by Crippen LogP contribution is 2.37. The molecule has 0 amide bonds. The van der Waals surface area contributed by atoms with Crippen LogP contribution in [0.4, 0.5) is 0 Å². The van der Waals surface area contributed by atoms with Gasteiger partial charge in [-0.3, -0.25) is 0 Å². The minimum absolute atomic E-state index is 0.00234. The molecule has 2 nitrogen and oxygen atoms in total. The first-order valence-electron chi connectivity index (χ1n) is 11.4. The summed E-state index contributed by atoms with van der Waals surface area (Å²) in [5.74, 6) is 2.68. The van der Waals surface area contributed by atoms with Crippen LogP contribution in [0.2, 0.25) is 0 Å². The zero-order valence-electron chi connectivity index (χ0n) is 18.8. The van der Waals surface area contributed by atoms with Crippen LogP contribution < -0.4 is 9.47 Å². The van der Waals surface area contributed by atoms with E-state index in [1.807, 2.05) is 43.3 Å². The molecule has 0 spiro atoms. The maximum absolute atomic E-state index is 6.00. The van der Waals surface area contributed by atoms with Crippen molar-refractivity contribution in [2.75, 3.05) is 6.61 Å². The molecule has 0 bridgehead atoms. The first-order chi connectivity index (χ1) is 15.2. The molecule has 162 valence electrons. The summed E-state index contributed by atoms with van der Waals surface area (Å²) in [6, 6.07) is 26.9. The van der Waals surface area contributed by atoms with Crippen molar-refractivity contribution in [3.8, 4) is 17.2 Å². The van der Waals surface area contributed by atoms with Crippen LogP contribution >= 0.6 is 0 Å². The van der Waals surface area contributed by atoms with Gasteiger partial charge in [-0.05, 0) is 80.1 Å². The molecule has 0 saturated carbocycles. The minimum Gasteiger partial charge on any atom is -0.494 e. The van der Waals surface area contributed by atoms with Gasteiger partial charge in [0.25, 0.3) is 0 Å². The van der Waals surface area contributed by atoms with E-state index in [2.05, 4.69) is 62.0 Å². The molecule has 3 rings (SSSR count). The summed E-state index contributed by atoms with van der Waals surface area (Å²) in [7, 11) is 0. The first kappa shape index (κ1) is 22.7. The van der Waals surface area contributed by atoms with Crippen molar-refractivity contribution in [3.05, 3.63) is 103 Å². The van der Waals surface area contributed by atoms with Crippen molar-refractivity contribution in [2.24, 2.45) is 0 Å². The lowest BCUT2D eigenvalue weighted by Gasteiger charge is -2.31. The third-order valence-corrected chi connectivity index (χ3v) is 5.79. The number of ether oxygens (including phenoxy) is 2. The largest absolute Gasteiger partial charge is 0.494 e. The minimum atomic E-state index is -0.00234. The molecule has 0 saturated heterocycles. The highest BCUT2D eigenvalue weighted by atomic mass is 16.5. The van der Waals surface area contributed by atoms with E-state index in [0.29, 0.717) is 6.61 Å². The lowest BCUT2D eigenvalue weighted by Crippen LogP contribution is -2.23. The van der Waals surface area contributed by atoms with E-state index >= 15 is 0 Å². The van der Waals surface area contributed by atoms with Gasteiger partial charge in [-0.2, -0.15) is 0 Å². The van der Waals surface area contributed by atoms with Gasteiger partial charge >= 0.3 is 0 Å². The standard InChI is InChI=1S/C29H34O2/c1-4-21-29(5-2,25-17-19-26(20-18-25)30-6-3)22-11-13-24-12-10-16-28(23-24)31-27-14-8-7-9-15-27/h5,7-10,12,14-20,23H,2,4,6,11,13,21-22H2,1,3H3. The monoisotopic (exact) mass is 414 g/mol. The van der Waals surface area contributed by atoms with E-state index in [1.54, 1.807) is 0 Å². The SMILES string of the molecule is C=CC(CCC)(CCCc1cccc(Oc2ccccc2)c1)c1ccc(OCC)cc1. The van der Waals surface area contributed by atoms with Gasteiger partial charge in [0.2, 0.25) is 0 Å². The summed E-state index contributed by atoms with van der Waals surface area (Å²) in [4.78, 5) is 0. The van der Waals surface area contributed by atoms with E-state index in [-0.39, 0.29) is 5.41 Å². The first-order valence-corrected chi connectivity index (χ1v) is 11.4. The molecule has 31 heavy (non-hydrogen) atoms. The summed E-state index contributed by atoms with van der Waals surface area (Å²) in [6.07, 6.45) is 7.56. The number of rotatable bonds is 12. The summed E-state index contributed by atoms with van der Waals surface area (Å²) in [5.41, 5.74) is 2.63. The molecule has 1 atom stereocenters. The van der Waals surface area contributed by atoms with Crippen LogP contribution in [-0.2, 0) is 11.8 Å². The predicted molar refractivity (Wildman–Crippen MR) is 130 cm³/mol. The van der Waals surface area contributed by atoms with Crippen LogP contribution in [0.15, 0.2) is 91.5 Å². The van der Waals surface area contributed by atoms with Gasteiger partial charge in [-0.1, -0.05) is 61.9 Å². The maximum Gasteiger partial charge on any atom is 0.127 e. The Morgan fingerprint density at radius 2 is 1.55 bits per heavy atom. The molecule has 0 radical (unpaired) electrons. The second-order valence-electron chi connectivity index (χ2n) is 7.98.